The number of nitrogens with one attached hydrogen (secondary N) is 1. The molecule has 3 aromatic carbocycles. The molecule has 3 rings (SSSR count). The van der Waals surface area contributed by atoms with E-state index in [2.05, 4.69) is 5.32 Å². The van der Waals surface area contributed by atoms with Gasteiger partial charge in [-0.3, -0.25) is 13.9 Å². The van der Waals surface area contributed by atoms with Gasteiger partial charge in [-0.1, -0.05) is 66.2 Å². The second kappa shape index (κ2) is 13.1. The van der Waals surface area contributed by atoms with Crippen molar-refractivity contribution in [2.75, 3.05) is 17.1 Å². The van der Waals surface area contributed by atoms with E-state index in [9.17, 15) is 18.0 Å². The number of hydrogen-bond donors (Lipinski definition) is 1. The summed E-state index contributed by atoms with van der Waals surface area (Å²) in [5.74, 6) is -0.817. The molecule has 2 amide bonds. The van der Waals surface area contributed by atoms with Crippen LogP contribution in [0.1, 0.15) is 36.1 Å². The maximum absolute atomic E-state index is 14.1. The van der Waals surface area contributed by atoms with Gasteiger partial charge in [-0.25, -0.2) is 8.42 Å². The van der Waals surface area contributed by atoms with E-state index < -0.39 is 28.5 Å². The van der Waals surface area contributed by atoms with E-state index in [0.717, 1.165) is 32.8 Å². The topological polar surface area (TPSA) is 86.8 Å². The number of carbonyl (C=O) groups is 2. The van der Waals surface area contributed by atoms with Crippen LogP contribution in [-0.2, 0) is 32.6 Å². The summed E-state index contributed by atoms with van der Waals surface area (Å²) in [5, 5.41) is 3.44. The number of amides is 2. The Labute approximate surface area is 236 Å². The fraction of sp³-hybridized carbons (Fsp3) is 0.333. The number of carbonyl (C=O) groups excluding carboxylic acids is 2. The highest BCUT2D eigenvalue weighted by atomic mass is 35.5. The van der Waals surface area contributed by atoms with Crippen LogP contribution in [0.4, 0.5) is 5.69 Å². The van der Waals surface area contributed by atoms with Gasteiger partial charge < -0.3 is 10.2 Å². The highest BCUT2D eigenvalue weighted by Crippen LogP contribution is 2.25. The molecular weight excluding hydrogens is 534 g/mol. The Morgan fingerprint density at radius 3 is 2.21 bits per heavy atom. The Kier molecular flexibility index (Phi) is 10.2. The van der Waals surface area contributed by atoms with Crippen LogP contribution in [0, 0.1) is 13.8 Å². The zero-order valence-electron chi connectivity index (χ0n) is 23.0. The molecule has 0 unspecified atom stereocenters. The van der Waals surface area contributed by atoms with E-state index in [1.807, 2.05) is 69.3 Å². The third kappa shape index (κ3) is 8.57. The van der Waals surface area contributed by atoms with Gasteiger partial charge in [-0.2, -0.15) is 0 Å². The van der Waals surface area contributed by atoms with Crippen molar-refractivity contribution in [2.24, 2.45) is 0 Å². The quantitative estimate of drug-likeness (QED) is 0.356. The van der Waals surface area contributed by atoms with Crippen molar-refractivity contribution >= 4 is 39.1 Å². The number of sulfonamides is 1. The van der Waals surface area contributed by atoms with Crippen LogP contribution < -0.4 is 9.62 Å². The van der Waals surface area contributed by atoms with Gasteiger partial charge in [0.1, 0.15) is 12.6 Å². The number of anilines is 1. The van der Waals surface area contributed by atoms with Gasteiger partial charge in [0.2, 0.25) is 21.8 Å². The molecule has 0 aromatic heterocycles. The molecule has 1 atom stereocenters. The van der Waals surface area contributed by atoms with Gasteiger partial charge in [0.15, 0.2) is 0 Å². The maximum atomic E-state index is 14.1. The lowest BCUT2D eigenvalue weighted by Crippen LogP contribution is -2.54. The zero-order valence-corrected chi connectivity index (χ0v) is 24.6. The standard InChI is InChI=1S/C30H36ClN3O4S/c1-21(2)32-30(36)28(18-24-10-7-6-8-11-24)33(19-25-12-9-13-26(31)17-25)29(35)20-34(39(5,37)38)27-16-22(3)14-15-23(27)4/h6-17,21,28H,18-20H2,1-5H3,(H,32,36)/t28-/m1/s1. The fourth-order valence-corrected chi connectivity index (χ4v) is 5.46. The lowest BCUT2D eigenvalue weighted by atomic mass is 10.0. The molecule has 0 spiro atoms. The first-order valence-corrected chi connectivity index (χ1v) is 15.0. The van der Waals surface area contributed by atoms with Crippen molar-refractivity contribution in [2.45, 2.75) is 52.7 Å². The van der Waals surface area contributed by atoms with E-state index >= 15 is 0 Å². The zero-order chi connectivity index (χ0) is 28.7. The van der Waals surface area contributed by atoms with E-state index in [-0.39, 0.29) is 24.9 Å². The molecule has 0 fully saturated rings. The summed E-state index contributed by atoms with van der Waals surface area (Å²) in [6.07, 6.45) is 1.34. The number of benzene rings is 3. The smallest absolute Gasteiger partial charge is 0.244 e. The van der Waals surface area contributed by atoms with E-state index in [4.69, 9.17) is 11.6 Å². The molecule has 1 N–H and O–H groups in total. The first-order chi connectivity index (χ1) is 18.3. The van der Waals surface area contributed by atoms with Crippen LogP contribution in [0.15, 0.2) is 72.8 Å². The molecule has 9 heteroatoms. The number of hydrogen-bond acceptors (Lipinski definition) is 4. The minimum absolute atomic E-state index is 0.0762. The molecule has 0 radical (unpaired) electrons. The molecule has 0 aliphatic rings. The minimum Gasteiger partial charge on any atom is -0.352 e. The Hall–Kier alpha value is -3.36. The number of halogens is 1. The van der Waals surface area contributed by atoms with Crippen LogP contribution in [0.5, 0.6) is 0 Å². The third-order valence-electron chi connectivity index (χ3n) is 6.26. The average Bonchev–Trinajstić information content (AvgIpc) is 2.85. The van der Waals surface area contributed by atoms with Gasteiger partial charge >= 0.3 is 0 Å². The van der Waals surface area contributed by atoms with Crippen molar-refractivity contribution in [3.63, 3.8) is 0 Å². The first kappa shape index (κ1) is 30.2. The highest BCUT2D eigenvalue weighted by molar-refractivity contribution is 7.92. The summed E-state index contributed by atoms with van der Waals surface area (Å²) in [7, 11) is -3.83. The van der Waals surface area contributed by atoms with Gasteiger partial charge in [-0.05, 0) is 68.1 Å². The van der Waals surface area contributed by atoms with Crippen molar-refractivity contribution < 1.29 is 18.0 Å². The van der Waals surface area contributed by atoms with Crippen LogP contribution in [0.25, 0.3) is 0 Å². The van der Waals surface area contributed by atoms with Gasteiger partial charge in [-0.15, -0.1) is 0 Å². The monoisotopic (exact) mass is 569 g/mol. The van der Waals surface area contributed by atoms with E-state index in [1.165, 1.54) is 4.90 Å². The van der Waals surface area contributed by atoms with Crippen molar-refractivity contribution in [1.29, 1.82) is 0 Å². The maximum Gasteiger partial charge on any atom is 0.244 e. The Morgan fingerprint density at radius 2 is 1.59 bits per heavy atom. The molecule has 0 aliphatic heterocycles. The normalized spacial score (nSPS) is 12.2. The fourth-order valence-electron chi connectivity index (χ4n) is 4.35. The predicted molar refractivity (Wildman–Crippen MR) is 157 cm³/mol. The number of rotatable bonds is 11. The molecule has 0 bridgehead atoms. The summed E-state index contributed by atoms with van der Waals surface area (Å²) >= 11 is 6.23. The number of nitrogens with zero attached hydrogens (tertiary/aromatic N) is 2. The van der Waals surface area contributed by atoms with Crippen LogP contribution in [0.3, 0.4) is 0 Å². The largest absolute Gasteiger partial charge is 0.352 e. The van der Waals surface area contributed by atoms with Crippen molar-refractivity contribution in [3.8, 4) is 0 Å². The molecule has 0 saturated carbocycles. The average molecular weight is 570 g/mol. The lowest BCUT2D eigenvalue weighted by Gasteiger charge is -2.34. The van der Waals surface area contributed by atoms with E-state index in [0.29, 0.717) is 10.7 Å². The summed E-state index contributed by atoms with van der Waals surface area (Å²) in [5.41, 5.74) is 3.62. The summed E-state index contributed by atoms with van der Waals surface area (Å²) in [6.45, 7) is 6.99. The van der Waals surface area contributed by atoms with Crippen LogP contribution in [-0.4, -0.2) is 50.0 Å². The van der Waals surface area contributed by atoms with Crippen molar-refractivity contribution in [3.05, 3.63) is 100 Å². The van der Waals surface area contributed by atoms with E-state index in [1.54, 1.807) is 31.2 Å². The lowest BCUT2D eigenvalue weighted by molar-refractivity contribution is -0.140. The van der Waals surface area contributed by atoms with Gasteiger partial charge in [0.25, 0.3) is 0 Å². The van der Waals surface area contributed by atoms with Crippen LogP contribution >= 0.6 is 11.6 Å². The molecule has 7 nitrogen and oxygen atoms in total. The third-order valence-corrected chi connectivity index (χ3v) is 7.62. The first-order valence-electron chi connectivity index (χ1n) is 12.8. The minimum atomic E-state index is -3.83. The summed E-state index contributed by atoms with van der Waals surface area (Å²) < 4.78 is 27.0. The highest BCUT2D eigenvalue weighted by Gasteiger charge is 2.33. The van der Waals surface area contributed by atoms with Crippen LogP contribution in [0.2, 0.25) is 5.02 Å². The van der Waals surface area contributed by atoms with Gasteiger partial charge in [0.05, 0.1) is 11.9 Å². The molecule has 0 saturated heterocycles. The summed E-state index contributed by atoms with van der Waals surface area (Å²) in [4.78, 5) is 29.1. The molecular formula is C30H36ClN3O4S. The Bertz CT molecular complexity index is 1410. The molecule has 3 aromatic rings. The molecule has 208 valence electrons. The molecule has 0 aliphatic carbocycles. The predicted octanol–water partition coefficient (Wildman–Crippen LogP) is 4.89. The van der Waals surface area contributed by atoms with Crippen molar-refractivity contribution in [1.82, 2.24) is 10.2 Å². The Morgan fingerprint density at radius 1 is 0.923 bits per heavy atom. The molecule has 0 heterocycles. The molecule has 39 heavy (non-hydrogen) atoms. The summed E-state index contributed by atoms with van der Waals surface area (Å²) in [6, 6.07) is 20.9. The second-order valence-electron chi connectivity index (χ2n) is 10.1. The van der Waals surface area contributed by atoms with Gasteiger partial charge in [0, 0.05) is 24.0 Å². The second-order valence-corrected chi connectivity index (χ2v) is 12.4. The SMILES string of the molecule is Cc1ccc(C)c(N(CC(=O)N(Cc2cccc(Cl)c2)[C@H](Cc2ccccc2)C(=O)NC(C)C)S(C)(=O)=O)c1. The number of aryl methyl sites for hydroxylation is 2. The Balaban J connectivity index is 2.08.